The molecule has 88 valence electrons. The Morgan fingerprint density at radius 3 is 2.59 bits per heavy atom. The van der Waals surface area contributed by atoms with Gasteiger partial charge in [-0.15, -0.1) is 11.6 Å². The van der Waals surface area contributed by atoms with Gasteiger partial charge in [0.05, 0.1) is 24.3 Å². The van der Waals surface area contributed by atoms with E-state index in [0.717, 1.165) is 0 Å². The predicted octanol–water partition coefficient (Wildman–Crippen LogP) is 2.21. The van der Waals surface area contributed by atoms with Crippen molar-refractivity contribution in [2.75, 3.05) is 7.11 Å². The van der Waals surface area contributed by atoms with Crippen molar-refractivity contribution in [3.05, 3.63) is 34.9 Å². The summed E-state index contributed by atoms with van der Waals surface area (Å²) in [7, 11) is 1.25. The van der Waals surface area contributed by atoms with Crippen LogP contribution in [0.3, 0.4) is 0 Å². The zero-order valence-corrected chi connectivity index (χ0v) is 10.1. The third-order valence-electron chi connectivity index (χ3n) is 2.22. The summed E-state index contributed by atoms with van der Waals surface area (Å²) in [6, 6.07) is 6.23. The second-order valence-corrected chi connectivity index (χ2v) is 3.82. The monoisotopic (exact) mass is 251 g/mol. The summed E-state index contributed by atoms with van der Waals surface area (Å²) >= 11 is 5.87. The molecule has 0 radical (unpaired) electrons. The van der Waals surface area contributed by atoms with Gasteiger partial charge in [-0.2, -0.15) is 5.26 Å². The molecule has 1 unspecified atom stereocenters. The maximum absolute atomic E-state index is 11.3. The summed E-state index contributed by atoms with van der Waals surface area (Å²) < 4.78 is 4.54. The Kier molecular flexibility index (Phi) is 4.24. The number of hydrogen-bond acceptors (Lipinski definition) is 4. The van der Waals surface area contributed by atoms with Crippen LogP contribution in [0.15, 0.2) is 18.2 Å². The number of rotatable bonds is 3. The van der Waals surface area contributed by atoms with Crippen molar-refractivity contribution in [1.82, 2.24) is 0 Å². The summed E-state index contributed by atoms with van der Waals surface area (Å²) in [4.78, 5) is 22.4. The summed E-state index contributed by atoms with van der Waals surface area (Å²) in [6.07, 6.45) is 0. The van der Waals surface area contributed by atoms with Crippen LogP contribution in [0, 0.1) is 11.3 Å². The molecule has 0 fully saturated rings. The number of carbonyl (C=O) groups excluding carboxylic acids is 2. The lowest BCUT2D eigenvalue weighted by molar-refractivity contribution is -0.116. The maximum atomic E-state index is 11.3. The standard InChI is InChI=1S/C12H10ClNO3/c1-7(15)11(13)10-4-3-8(12(16)17-2)5-9(10)6-14/h3-5,11H,1-2H3. The molecular weight excluding hydrogens is 242 g/mol. The first-order valence-electron chi connectivity index (χ1n) is 4.78. The van der Waals surface area contributed by atoms with Gasteiger partial charge in [0.1, 0.15) is 5.38 Å². The van der Waals surface area contributed by atoms with Gasteiger partial charge in [-0.1, -0.05) is 6.07 Å². The summed E-state index contributed by atoms with van der Waals surface area (Å²) in [5.74, 6) is -0.795. The molecular formula is C12H10ClNO3. The van der Waals surface area contributed by atoms with Crippen LogP contribution in [0.5, 0.6) is 0 Å². The number of nitrogens with zero attached hydrogens (tertiary/aromatic N) is 1. The van der Waals surface area contributed by atoms with E-state index in [1.165, 1.54) is 32.2 Å². The molecule has 1 rings (SSSR count). The Morgan fingerprint density at radius 1 is 1.47 bits per heavy atom. The van der Waals surface area contributed by atoms with Crippen molar-refractivity contribution in [3.63, 3.8) is 0 Å². The number of ketones is 1. The fourth-order valence-electron chi connectivity index (χ4n) is 1.34. The number of ether oxygens (including phenoxy) is 1. The third-order valence-corrected chi connectivity index (χ3v) is 2.77. The molecule has 4 nitrogen and oxygen atoms in total. The van der Waals surface area contributed by atoms with Gasteiger partial charge in [-0.25, -0.2) is 4.79 Å². The van der Waals surface area contributed by atoms with Gasteiger partial charge in [-0.3, -0.25) is 4.79 Å². The van der Waals surface area contributed by atoms with Crippen LogP contribution in [0.4, 0.5) is 0 Å². The van der Waals surface area contributed by atoms with E-state index in [1.807, 2.05) is 6.07 Å². The predicted molar refractivity (Wildman–Crippen MR) is 61.8 cm³/mol. The van der Waals surface area contributed by atoms with Gasteiger partial charge in [0.2, 0.25) is 0 Å². The summed E-state index contributed by atoms with van der Waals surface area (Å²) in [5, 5.41) is 8.08. The molecule has 0 aliphatic rings. The maximum Gasteiger partial charge on any atom is 0.337 e. The number of Topliss-reactive ketones (excluding diaryl/α,β-unsaturated/α-hetero) is 1. The van der Waals surface area contributed by atoms with Crippen molar-refractivity contribution in [2.45, 2.75) is 12.3 Å². The summed E-state index contributed by atoms with van der Waals surface area (Å²) in [5.41, 5.74) is 0.845. The number of hydrogen-bond donors (Lipinski definition) is 0. The zero-order chi connectivity index (χ0) is 13.0. The van der Waals surface area contributed by atoms with Gasteiger partial charge in [0.15, 0.2) is 5.78 Å². The van der Waals surface area contributed by atoms with Crippen LogP contribution in [0.1, 0.15) is 33.8 Å². The molecule has 1 atom stereocenters. The van der Waals surface area contributed by atoms with Crippen LogP contribution in [0.2, 0.25) is 0 Å². The minimum Gasteiger partial charge on any atom is -0.465 e. The van der Waals surface area contributed by atoms with E-state index in [1.54, 1.807) is 0 Å². The van der Waals surface area contributed by atoms with Crippen LogP contribution >= 0.6 is 11.6 Å². The Bertz CT molecular complexity index is 505. The Morgan fingerprint density at radius 2 is 2.12 bits per heavy atom. The average molecular weight is 252 g/mol. The minimum atomic E-state index is -0.878. The molecule has 0 aliphatic heterocycles. The SMILES string of the molecule is COC(=O)c1ccc(C(Cl)C(C)=O)c(C#N)c1. The molecule has 5 heteroatoms. The lowest BCUT2D eigenvalue weighted by atomic mass is 10.0. The Hall–Kier alpha value is -1.86. The molecule has 0 N–H and O–H groups in total. The van der Waals surface area contributed by atoms with Crippen molar-refractivity contribution >= 4 is 23.4 Å². The molecule has 0 aliphatic carbocycles. The number of halogens is 1. The first-order valence-corrected chi connectivity index (χ1v) is 5.21. The highest BCUT2D eigenvalue weighted by Crippen LogP contribution is 2.25. The second kappa shape index (κ2) is 5.46. The number of benzene rings is 1. The third kappa shape index (κ3) is 2.83. The van der Waals surface area contributed by atoms with Gasteiger partial charge < -0.3 is 4.74 Å². The quantitative estimate of drug-likeness (QED) is 0.610. The van der Waals surface area contributed by atoms with Crippen LogP contribution in [-0.2, 0) is 9.53 Å². The van der Waals surface area contributed by atoms with E-state index < -0.39 is 11.3 Å². The second-order valence-electron chi connectivity index (χ2n) is 3.38. The van der Waals surface area contributed by atoms with E-state index in [0.29, 0.717) is 5.56 Å². The highest BCUT2D eigenvalue weighted by Gasteiger charge is 2.18. The first kappa shape index (κ1) is 13.2. The molecule has 0 heterocycles. The zero-order valence-electron chi connectivity index (χ0n) is 9.36. The molecule has 17 heavy (non-hydrogen) atoms. The Balaban J connectivity index is 3.24. The molecule has 0 aromatic heterocycles. The largest absolute Gasteiger partial charge is 0.465 e. The number of carbonyl (C=O) groups is 2. The topological polar surface area (TPSA) is 67.2 Å². The van der Waals surface area contributed by atoms with E-state index in [2.05, 4.69) is 4.74 Å². The average Bonchev–Trinajstić information content (AvgIpc) is 2.35. The van der Waals surface area contributed by atoms with E-state index in [9.17, 15) is 9.59 Å². The van der Waals surface area contributed by atoms with Gasteiger partial charge in [0, 0.05) is 0 Å². The molecule has 0 saturated heterocycles. The van der Waals surface area contributed by atoms with E-state index in [-0.39, 0.29) is 16.9 Å². The van der Waals surface area contributed by atoms with Crippen molar-refractivity contribution in [1.29, 1.82) is 5.26 Å². The lowest BCUT2D eigenvalue weighted by Crippen LogP contribution is -2.07. The molecule has 0 bridgehead atoms. The van der Waals surface area contributed by atoms with E-state index in [4.69, 9.17) is 16.9 Å². The number of methoxy groups -OCH3 is 1. The fourth-order valence-corrected chi connectivity index (χ4v) is 1.53. The number of nitriles is 1. The minimum absolute atomic E-state index is 0.197. The van der Waals surface area contributed by atoms with Crippen LogP contribution in [-0.4, -0.2) is 18.9 Å². The van der Waals surface area contributed by atoms with Crippen molar-refractivity contribution in [2.24, 2.45) is 0 Å². The van der Waals surface area contributed by atoms with Gasteiger partial charge in [0.25, 0.3) is 0 Å². The highest BCUT2D eigenvalue weighted by atomic mass is 35.5. The molecule has 1 aromatic carbocycles. The van der Waals surface area contributed by atoms with Gasteiger partial charge in [-0.05, 0) is 24.6 Å². The number of alkyl halides is 1. The van der Waals surface area contributed by atoms with Crippen molar-refractivity contribution in [3.8, 4) is 6.07 Å². The normalized spacial score (nSPS) is 11.4. The van der Waals surface area contributed by atoms with Gasteiger partial charge >= 0.3 is 5.97 Å². The lowest BCUT2D eigenvalue weighted by Gasteiger charge is -2.09. The molecule has 0 saturated carbocycles. The highest BCUT2D eigenvalue weighted by molar-refractivity contribution is 6.31. The van der Waals surface area contributed by atoms with Crippen LogP contribution < -0.4 is 0 Å². The van der Waals surface area contributed by atoms with E-state index >= 15 is 0 Å². The molecule has 0 amide bonds. The van der Waals surface area contributed by atoms with Crippen molar-refractivity contribution < 1.29 is 14.3 Å². The molecule has 1 aromatic rings. The smallest absolute Gasteiger partial charge is 0.337 e. The first-order chi connectivity index (χ1) is 8.01. The summed E-state index contributed by atoms with van der Waals surface area (Å²) in [6.45, 7) is 1.34. The van der Waals surface area contributed by atoms with Crippen LogP contribution in [0.25, 0.3) is 0 Å². The number of esters is 1. The Labute approximate surface area is 104 Å². The molecule has 0 spiro atoms. The fraction of sp³-hybridized carbons (Fsp3) is 0.250.